The van der Waals surface area contributed by atoms with Crippen LogP contribution in [-0.4, -0.2) is 26.0 Å². The lowest BCUT2D eigenvalue weighted by molar-refractivity contribution is -0.135. The van der Waals surface area contributed by atoms with Gasteiger partial charge < -0.3 is 5.11 Å². The van der Waals surface area contributed by atoms with E-state index in [1.54, 1.807) is 35.7 Å². The first-order chi connectivity index (χ1) is 9.82. The number of thiophene rings is 1. The highest BCUT2D eigenvalue weighted by atomic mass is 79.9. The Morgan fingerprint density at radius 3 is 2.38 bits per heavy atom. The lowest BCUT2D eigenvalue weighted by Crippen LogP contribution is -2.35. The van der Waals surface area contributed by atoms with Gasteiger partial charge in [-0.1, -0.05) is 17.7 Å². The number of sulfonamides is 1. The fraction of sp³-hybridized carbons (Fsp3) is 0.154. The molecule has 2 aromatic rings. The van der Waals surface area contributed by atoms with Gasteiger partial charge in [-0.15, -0.1) is 11.3 Å². The maximum atomic E-state index is 12.7. The molecule has 0 aliphatic rings. The zero-order valence-corrected chi connectivity index (χ0v) is 14.2. The first kappa shape index (κ1) is 16.0. The van der Waals surface area contributed by atoms with Gasteiger partial charge in [0.2, 0.25) is 0 Å². The van der Waals surface area contributed by atoms with E-state index in [0.29, 0.717) is 10.2 Å². The number of hydrogen-bond acceptors (Lipinski definition) is 4. The molecule has 2 rings (SSSR count). The van der Waals surface area contributed by atoms with E-state index in [4.69, 9.17) is 5.11 Å². The minimum absolute atomic E-state index is 0.0873. The fourth-order valence-electron chi connectivity index (χ4n) is 1.71. The molecular weight excluding hydrogens is 378 g/mol. The SMILES string of the molecule is Cc1ccc(N(CC(=O)O)S(=O)(=O)c2sccc2Br)cc1. The predicted octanol–water partition coefficient (Wildman–Crippen LogP) is 3.10. The number of rotatable bonds is 5. The van der Waals surface area contributed by atoms with Crippen molar-refractivity contribution in [1.29, 1.82) is 0 Å². The van der Waals surface area contributed by atoms with Crippen molar-refractivity contribution in [2.24, 2.45) is 0 Å². The molecule has 5 nitrogen and oxygen atoms in total. The van der Waals surface area contributed by atoms with Crippen molar-refractivity contribution in [1.82, 2.24) is 0 Å². The molecule has 1 N–H and O–H groups in total. The molecule has 0 radical (unpaired) electrons. The topological polar surface area (TPSA) is 74.7 Å². The second kappa shape index (κ2) is 6.17. The van der Waals surface area contributed by atoms with Crippen molar-refractivity contribution in [2.45, 2.75) is 11.1 Å². The van der Waals surface area contributed by atoms with Crippen molar-refractivity contribution in [3.8, 4) is 0 Å². The molecule has 0 aliphatic carbocycles. The molecule has 8 heteroatoms. The average Bonchev–Trinajstić information content (AvgIpc) is 2.84. The van der Waals surface area contributed by atoms with Crippen LogP contribution in [0.4, 0.5) is 5.69 Å². The maximum absolute atomic E-state index is 12.7. The summed E-state index contributed by atoms with van der Waals surface area (Å²) in [6, 6.07) is 8.28. The van der Waals surface area contributed by atoms with E-state index in [2.05, 4.69) is 15.9 Å². The highest BCUT2D eigenvalue weighted by Crippen LogP contribution is 2.32. The first-order valence-corrected chi connectivity index (χ1v) is 8.98. The van der Waals surface area contributed by atoms with Crippen LogP contribution in [0.5, 0.6) is 0 Å². The summed E-state index contributed by atoms with van der Waals surface area (Å²) >= 11 is 4.22. The largest absolute Gasteiger partial charge is 0.480 e. The molecule has 0 saturated carbocycles. The number of carboxylic acids is 1. The van der Waals surface area contributed by atoms with Crippen molar-refractivity contribution < 1.29 is 18.3 Å². The van der Waals surface area contributed by atoms with Gasteiger partial charge in [-0.05, 0) is 46.4 Å². The van der Waals surface area contributed by atoms with Crippen molar-refractivity contribution >= 4 is 48.9 Å². The molecule has 0 atom stereocenters. The highest BCUT2D eigenvalue weighted by Gasteiger charge is 2.29. The number of anilines is 1. The van der Waals surface area contributed by atoms with E-state index in [1.807, 2.05) is 6.92 Å². The molecule has 1 aromatic carbocycles. The highest BCUT2D eigenvalue weighted by molar-refractivity contribution is 9.10. The molecule has 112 valence electrons. The molecule has 0 aliphatic heterocycles. The monoisotopic (exact) mass is 389 g/mol. The zero-order chi connectivity index (χ0) is 15.6. The lowest BCUT2D eigenvalue weighted by atomic mass is 10.2. The van der Waals surface area contributed by atoms with Crippen LogP contribution >= 0.6 is 27.3 Å². The van der Waals surface area contributed by atoms with Gasteiger partial charge in [-0.25, -0.2) is 8.42 Å². The Labute approximate surface area is 135 Å². The van der Waals surface area contributed by atoms with Crippen LogP contribution in [0.3, 0.4) is 0 Å². The van der Waals surface area contributed by atoms with Gasteiger partial charge in [-0.2, -0.15) is 0 Å². The Kier molecular flexibility index (Phi) is 4.70. The Balaban J connectivity index is 2.52. The number of carbonyl (C=O) groups is 1. The summed E-state index contributed by atoms with van der Waals surface area (Å²) in [5.41, 5.74) is 1.28. The van der Waals surface area contributed by atoms with Gasteiger partial charge in [0.05, 0.1) is 5.69 Å². The summed E-state index contributed by atoms with van der Waals surface area (Å²) in [7, 11) is -3.93. The average molecular weight is 390 g/mol. The number of hydrogen-bond donors (Lipinski definition) is 1. The van der Waals surface area contributed by atoms with E-state index < -0.39 is 22.5 Å². The van der Waals surface area contributed by atoms with Gasteiger partial charge >= 0.3 is 5.97 Å². The number of benzene rings is 1. The van der Waals surface area contributed by atoms with E-state index in [1.165, 1.54) is 0 Å². The maximum Gasteiger partial charge on any atom is 0.324 e. The van der Waals surface area contributed by atoms with E-state index >= 15 is 0 Å². The van der Waals surface area contributed by atoms with Gasteiger partial charge in [0.15, 0.2) is 4.21 Å². The molecule has 0 fully saturated rings. The number of halogens is 1. The summed E-state index contributed by atoms with van der Waals surface area (Å²) in [5.74, 6) is -1.22. The molecule has 0 spiro atoms. The third-order valence-electron chi connectivity index (χ3n) is 2.71. The molecular formula is C13H12BrNO4S2. The first-order valence-electron chi connectivity index (χ1n) is 5.86. The molecule has 21 heavy (non-hydrogen) atoms. The standard InChI is InChI=1S/C13H12BrNO4S2/c1-9-2-4-10(5-3-9)15(8-12(16)17)21(18,19)13-11(14)6-7-20-13/h2-7H,8H2,1H3,(H,16,17). The quantitative estimate of drug-likeness (QED) is 0.852. The molecule has 0 saturated heterocycles. The number of nitrogens with zero attached hydrogens (tertiary/aromatic N) is 1. The van der Waals surface area contributed by atoms with Gasteiger partial charge in [0.25, 0.3) is 10.0 Å². The van der Waals surface area contributed by atoms with Crippen LogP contribution in [0.15, 0.2) is 44.4 Å². The van der Waals surface area contributed by atoms with E-state index in [0.717, 1.165) is 21.2 Å². The van der Waals surface area contributed by atoms with Gasteiger partial charge in [0.1, 0.15) is 6.54 Å². The third-order valence-corrected chi connectivity index (χ3v) is 7.13. The lowest BCUT2D eigenvalue weighted by Gasteiger charge is -2.22. The van der Waals surface area contributed by atoms with Crippen LogP contribution in [0.25, 0.3) is 0 Å². The zero-order valence-electron chi connectivity index (χ0n) is 11.0. The number of aryl methyl sites for hydroxylation is 1. The Morgan fingerprint density at radius 2 is 1.90 bits per heavy atom. The number of aliphatic carboxylic acids is 1. The van der Waals surface area contributed by atoms with Crippen molar-refractivity contribution in [2.75, 3.05) is 10.8 Å². The third kappa shape index (κ3) is 3.45. The molecule has 1 aromatic heterocycles. The minimum atomic E-state index is -3.93. The van der Waals surface area contributed by atoms with Crippen LogP contribution in [0.1, 0.15) is 5.56 Å². The van der Waals surface area contributed by atoms with Gasteiger partial charge in [-0.3, -0.25) is 9.10 Å². The summed E-state index contributed by atoms with van der Waals surface area (Å²) in [4.78, 5) is 11.0. The minimum Gasteiger partial charge on any atom is -0.480 e. The van der Waals surface area contributed by atoms with Crippen LogP contribution in [0, 0.1) is 6.92 Å². The van der Waals surface area contributed by atoms with Crippen molar-refractivity contribution in [3.05, 3.63) is 45.7 Å². The normalized spacial score (nSPS) is 11.3. The van der Waals surface area contributed by atoms with Gasteiger partial charge in [0, 0.05) is 4.47 Å². The second-order valence-electron chi connectivity index (χ2n) is 4.30. The molecule has 0 unspecified atom stereocenters. The smallest absolute Gasteiger partial charge is 0.324 e. The van der Waals surface area contributed by atoms with E-state index in [9.17, 15) is 13.2 Å². The summed E-state index contributed by atoms with van der Waals surface area (Å²) in [6.45, 7) is 1.24. The fourth-order valence-corrected chi connectivity index (χ4v) is 5.54. The molecule has 1 heterocycles. The number of carboxylic acid groups (broad SMARTS) is 1. The van der Waals surface area contributed by atoms with Crippen molar-refractivity contribution in [3.63, 3.8) is 0 Å². The second-order valence-corrected chi connectivity index (χ2v) is 8.12. The Hall–Kier alpha value is -1.38. The predicted molar refractivity (Wildman–Crippen MR) is 85.4 cm³/mol. The van der Waals surface area contributed by atoms with E-state index in [-0.39, 0.29) is 4.21 Å². The van der Waals surface area contributed by atoms with Crippen LogP contribution in [-0.2, 0) is 14.8 Å². The molecule has 0 bridgehead atoms. The Morgan fingerprint density at radius 1 is 1.29 bits per heavy atom. The van der Waals surface area contributed by atoms with Crippen LogP contribution in [0.2, 0.25) is 0 Å². The summed E-state index contributed by atoms with van der Waals surface area (Å²) in [5, 5.41) is 10.6. The van der Waals surface area contributed by atoms with Crippen LogP contribution < -0.4 is 4.31 Å². The summed E-state index contributed by atoms with van der Waals surface area (Å²) < 4.78 is 26.8. The molecule has 0 amide bonds. The summed E-state index contributed by atoms with van der Waals surface area (Å²) in [6.07, 6.45) is 0. The Bertz CT molecular complexity index is 753.